The van der Waals surface area contributed by atoms with Crippen molar-refractivity contribution in [3.8, 4) is 0 Å². The van der Waals surface area contributed by atoms with Crippen LogP contribution in [0, 0.1) is 11.8 Å². The zero-order valence-corrected chi connectivity index (χ0v) is 11.6. The molecular formula is C14H28N2O. The number of hydrogen-bond donors (Lipinski definition) is 1. The number of carbonyl (C=O) groups excluding carboxylic acids is 1. The fraction of sp³-hybridized carbons (Fsp3) is 0.929. The van der Waals surface area contributed by atoms with Gasteiger partial charge in [-0.3, -0.25) is 4.79 Å². The average molecular weight is 240 g/mol. The molecule has 0 radical (unpaired) electrons. The van der Waals surface area contributed by atoms with Gasteiger partial charge in [0.1, 0.15) is 0 Å². The minimum absolute atomic E-state index is 0.235. The Hall–Kier alpha value is -0.570. The Kier molecular flexibility index (Phi) is 5.96. The van der Waals surface area contributed by atoms with E-state index in [1.54, 1.807) is 0 Å². The molecule has 100 valence electrons. The second-order valence-electron chi connectivity index (χ2n) is 5.50. The highest BCUT2D eigenvalue weighted by Gasteiger charge is 2.27. The van der Waals surface area contributed by atoms with E-state index in [4.69, 9.17) is 5.73 Å². The molecule has 0 aliphatic heterocycles. The van der Waals surface area contributed by atoms with Gasteiger partial charge in [-0.05, 0) is 38.5 Å². The van der Waals surface area contributed by atoms with Gasteiger partial charge < -0.3 is 10.6 Å². The van der Waals surface area contributed by atoms with Crippen molar-refractivity contribution >= 4 is 5.91 Å². The Labute approximate surface area is 106 Å². The van der Waals surface area contributed by atoms with Crippen LogP contribution in [0.4, 0.5) is 0 Å². The molecule has 0 heterocycles. The van der Waals surface area contributed by atoms with Crippen molar-refractivity contribution in [2.24, 2.45) is 17.6 Å². The highest BCUT2D eigenvalue weighted by molar-refractivity contribution is 5.78. The van der Waals surface area contributed by atoms with Gasteiger partial charge in [-0.15, -0.1) is 0 Å². The monoisotopic (exact) mass is 240 g/mol. The lowest BCUT2D eigenvalue weighted by molar-refractivity contribution is -0.137. The lowest BCUT2D eigenvalue weighted by Gasteiger charge is -2.31. The molecule has 1 atom stereocenters. The van der Waals surface area contributed by atoms with Crippen molar-refractivity contribution in [1.82, 2.24) is 4.90 Å². The molecule has 0 saturated heterocycles. The van der Waals surface area contributed by atoms with Crippen LogP contribution in [-0.2, 0) is 4.79 Å². The second-order valence-corrected chi connectivity index (χ2v) is 5.50. The quantitative estimate of drug-likeness (QED) is 0.802. The summed E-state index contributed by atoms with van der Waals surface area (Å²) in [5.74, 6) is 1.20. The fourth-order valence-electron chi connectivity index (χ4n) is 2.50. The normalized spacial score (nSPS) is 26.6. The molecule has 0 aromatic heterocycles. The van der Waals surface area contributed by atoms with Crippen molar-refractivity contribution in [3.63, 3.8) is 0 Å². The number of nitrogens with two attached hydrogens (primary N) is 1. The zero-order chi connectivity index (χ0) is 12.8. The molecule has 1 amide bonds. The summed E-state index contributed by atoms with van der Waals surface area (Å²) in [6.07, 6.45) is 5.13. The van der Waals surface area contributed by atoms with Gasteiger partial charge >= 0.3 is 0 Å². The van der Waals surface area contributed by atoms with Crippen molar-refractivity contribution in [2.75, 3.05) is 13.1 Å². The SMILES string of the molecule is CCC(C)CN(CC)C(=O)C1CCC(N)CC1. The Morgan fingerprint density at radius 1 is 1.29 bits per heavy atom. The molecule has 0 spiro atoms. The molecule has 3 nitrogen and oxygen atoms in total. The van der Waals surface area contributed by atoms with Crippen LogP contribution in [0.15, 0.2) is 0 Å². The summed E-state index contributed by atoms with van der Waals surface area (Å²) in [4.78, 5) is 14.4. The Morgan fingerprint density at radius 2 is 1.88 bits per heavy atom. The number of rotatable bonds is 5. The van der Waals surface area contributed by atoms with Crippen molar-refractivity contribution in [3.05, 3.63) is 0 Å². The number of hydrogen-bond acceptors (Lipinski definition) is 2. The summed E-state index contributed by atoms with van der Waals surface area (Å²) >= 11 is 0. The molecule has 17 heavy (non-hydrogen) atoms. The topological polar surface area (TPSA) is 46.3 Å². The first-order valence-corrected chi connectivity index (χ1v) is 7.12. The summed E-state index contributed by atoms with van der Waals surface area (Å²) in [6, 6.07) is 0.323. The van der Waals surface area contributed by atoms with Gasteiger partial charge in [0.25, 0.3) is 0 Å². The molecule has 3 heteroatoms. The molecule has 0 aromatic carbocycles. The van der Waals surface area contributed by atoms with Crippen LogP contribution in [0.3, 0.4) is 0 Å². The van der Waals surface area contributed by atoms with Crippen LogP contribution in [0.1, 0.15) is 52.9 Å². The fourth-order valence-corrected chi connectivity index (χ4v) is 2.50. The zero-order valence-electron chi connectivity index (χ0n) is 11.6. The highest BCUT2D eigenvalue weighted by atomic mass is 16.2. The third kappa shape index (κ3) is 4.30. The second kappa shape index (κ2) is 7.00. The predicted octanol–water partition coefficient (Wildman–Crippen LogP) is 2.40. The minimum atomic E-state index is 0.235. The van der Waals surface area contributed by atoms with Gasteiger partial charge in [0, 0.05) is 25.0 Å². The van der Waals surface area contributed by atoms with Crippen LogP contribution >= 0.6 is 0 Å². The van der Waals surface area contributed by atoms with E-state index in [0.29, 0.717) is 17.9 Å². The smallest absolute Gasteiger partial charge is 0.225 e. The molecule has 1 fully saturated rings. The third-order valence-electron chi connectivity index (χ3n) is 4.04. The number of nitrogens with zero attached hydrogens (tertiary/aromatic N) is 1. The van der Waals surface area contributed by atoms with Gasteiger partial charge in [0.05, 0.1) is 0 Å². The van der Waals surface area contributed by atoms with E-state index in [1.807, 2.05) is 4.90 Å². The lowest BCUT2D eigenvalue weighted by atomic mass is 9.85. The van der Waals surface area contributed by atoms with Crippen LogP contribution < -0.4 is 5.73 Å². The van der Waals surface area contributed by atoms with Crippen LogP contribution in [0.5, 0.6) is 0 Å². The molecule has 1 unspecified atom stereocenters. The highest BCUT2D eigenvalue weighted by Crippen LogP contribution is 2.25. The van der Waals surface area contributed by atoms with E-state index in [-0.39, 0.29) is 5.92 Å². The Balaban J connectivity index is 2.48. The van der Waals surface area contributed by atoms with Crippen molar-refractivity contribution < 1.29 is 4.79 Å². The molecule has 1 aliphatic carbocycles. The molecule has 0 aromatic rings. The minimum Gasteiger partial charge on any atom is -0.342 e. The predicted molar refractivity (Wildman–Crippen MR) is 71.6 cm³/mol. The number of carbonyl (C=O) groups is 1. The van der Waals surface area contributed by atoms with Gasteiger partial charge in [-0.2, -0.15) is 0 Å². The summed E-state index contributed by atoms with van der Waals surface area (Å²) in [6.45, 7) is 8.23. The van der Waals surface area contributed by atoms with E-state index in [9.17, 15) is 4.79 Å². The van der Waals surface area contributed by atoms with Gasteiger partial charge in [-0.1, -0.05) is 20.3 Å². The first-order chi connectivity index (χ1) is 8.08. The molecule has 0 bridgehead atoms. The average Bonchev–Trinajstić information content (AvgIpc) is 2.35. The molecule has 1 rings (SSSR count). The van der Waals surface area contributed by atoms with Crippen LogP contribution in [-0.4, -0.2) is 29.9 Å². The van der Waals surface area contributed by atoms with E-state index in [1.165, 1.54) is 0 Å². The van der Waals surface area contributed by atoms with Gasteiger partial charge in [-0.25, -0.2) is 0 Å². The van der Waals surface area contributed by atoms with Gasteiger partial charge in [0.15, 0.2) is 0 Å². The van der Waals surface area contributed by atoms with Crippen molar-refractivity contribution in [2.45, 2.75) is 58.9 Å². The lowest BCUT2D eigenvalue weighted by Crippen LogP contribution is -2.41. The molecule has 1 aliphatic rings. The van der Waals surface area contributed by atoms with E-state index in [0.717, 1.165) is 45.2 Å². The van der Waals surface area contributed by atoms with Gasteiger partial charge in [0.2, 0.25) is 5.91 Å². The summed E-state index contributed by atoms with van der Waals surface area (Å²) in [5, 5.41) is 0. The summed E-state index contributed by atoms with van der Waals surface area (Å²) in [5.41, 5.74) is 5.88. The first-order valence-electron chi connectivity index (χ1n) is 7.12. The van der Waals surface area contributed by atoms with E-state index in [2.05, 4.69) is 20.8 Å². The largest absolute Gasteiger partial charge is 0.342 e. The Bertz CT molecular complexity index is 234. The van der Waals surface area contributed by atoms with Crippen LogP contribution in [0.2, 0.25) is 0 Å². The van der Waals surface area contributed by atoms with Crippen molar-refractivity contribution in [1.29, 1.82) is 0 Å². The van der Waals surface area contributed by atoms with Crippen LogP contribution in [0.25, 0.3) is 0 Å². The standard InChI is InChI=1S/C14H28N2O/c1-4-11(3)10-16(5-2)14(17)12-6-8-13(15)9-7-12/h11-13H,4-10,15H2,1-3H3. The molecule has 2 N–H and O–H groups in total. The summed E-state index contributed by atoms with van der Waals surface area (Å²) in [7, 11) is 0. The molecular weight excluding hydrogens is 212 g/mol. The third-order valence-corrected chi connectivity index (χ3v) is 4.04. The molecule has 1 saturated carbocycles. The number of amides is 1. The maximum Gasteiger partial charge on any atom is 0.225 e. The van der Waals surface area contributed by atoms with E-state index >= 15 is 0 Å². The van der Waals surface area contributed by atoms with E-state index < -0.39 is 0 Å². The first kappa shape index (κ1) is 14.5. The Morgan fingerprint density at radius 3 is 2.35 bits per heavy atom. The summed E-state index contributed by atoms with van der Waals surface area (Å²) < 4.78 is 0. The maximum absolute atomic E-state index is 12.4. The maximum atomic E-state index is 12.4.